The summed E-state index contributed by atoms with van der Waals surface area (Å²) in [4.78, 5) is 15.1. The summed E-state index contributed by atoms with van der Waals surface area (Å²) in [5.41, 5.74) is 2.67. The molecule has 0 bridgehead atoms. The van der Waals surface area contributed by atoms with E-state index in [1.54, 1.807) is 36.5 Å². The molecular formula is C18H11ClN4O2. The second-order valence-corrected chi connectivity index (χ2v) is 6.03. The second-order valence-electron chi connectivity index (χ2n) is 5.59. The van der Waals surface area contributed by atoms with E-state index >= 15 is 0 Å². The first-order chi connectivity index (χ1) is 12.1. The lowest BCUT2D eigenvalue weighted by atomic mass is 10.1. The van der Waals surface area contributed by atoms with Crippen LogP contribution < -0.4 is 10.9 Å². The predicted octanol–water partition coefficient (Wildman–Crippen LogP) is 3.81. The Hall–Kier alpha value is -3.30. The van der Waals surface area contributed by atoms with Crippen LogP contribution in [-0.4, -0.2) is 10.1 Å². The Morgan fingerprint density at radius 1 is 1.24 bits per heavy atom. The predicted molar refractivity (Wildman–Crippen MR) is 95.6 cm³/mol. The number of anilines is 1. The average Bonchev–Trinajstić information content (AvgIpc) is 3.08. The molecule has 2 aromatic carbocycles. The molecule has 2 heterocycles. The number of aromatic nitrogens is 2. The Balaban J connectivity index is 1.67. The molecule has 4 aromatic rings. The molecule has 0 amide bonds. The minimum Gasteiger partial charge on any atom is -0.381 e. The Bertz CT molecular complexity index is 1200. The van der Waals surface area contributed by atoms with Crippen molar-refractivity contribution in [3.8, 4) is 6.07 Å². The fraction of sp³-hybridized carbons (Fsp3) is 0.0556. The van der Waals surface area contributed by atoms with Crippen LogP contribution >= 0.6 is 11.6 Å². The number of aromatic amines is 1. The zero-order valence-corrected chi connectivity index (χ0v) is 13.6. The summed E-state index contributed by atoms with van der Waals surface area (Å²) in [7, 11) is 0. The van der Waals surface area contributed by atoms with Gasteiger partial charge in [0.05, 0.1) is 6.20 Å². The molecule has 0 atom stereocenters. The molecule has 0 saturated carbocycles. The summed E-state index contributed by atoms with van der Waals surface area (Å²) >= 11 is 6.01. The number of nitrogens with zero attached hydrogens (tertiary/aromatic N) is 2. The Labute approximate surface area is 146 Å². The molecule has 0 unspecified atom stereocenters. The molecule has 4 rings (SSSR count). The van der Waals surface area contributed by atoms with E-state index in [1.165, 1.54) is 0 Å². The van der Waals surface area contributed by atoms with Crippen molar-refractivity contribution in [2.24, 2.45) is 0 Å². The summed E-state index contributed by atoms with van der Waals surface area (Å²) in [5.74, 6) is 0. The first-order valence-electron chi connectivity index (χ1n) is 7.48. The van der Waals surface area contributed by atoms with Crippen molar-refractivity contribution in [1.29, 1.82) is 5.26 Å². The van der Waals surface area contributed by atoms with Gasteiger partial charge in [0.15, 0.2) is 5.58 Å². The van der Waals surface area contributed by atoms with E-state index in [0.29, 0.717) is 34.0 Å². The molecule has 0 aliphatic carbocycles. The highest BCUT2D eigenvalue weighted by molar-refractivity contribution is 6.31. The van der Waals surface area contributed by atoms with Crippen LogP contribution in [0.5, 0.6) is 0 Å². The van der Waals surface area contributed by atoms with E-state index in [0.717, 1.165) is 16.3 Å². The molecule has 2 N–H and O–H groups in total. The van der Waals surface area contributed by atoms with Gasteiger partial charge < -0.3 is 14.8 Å². The van der Waals surface area contributed by atoms with Gasteiger partial charge in [0.1, 0.15) is 11.6 Å². The van der Waals surface area contributed by atoms with Crippen molar-refractivity contribution in [2.45, 2.75) is 6.54 Å². The third-order valence-electron chi connectivity index (χ3n) is 3.94. The highest BCUT2D eigenvalue weighted by Gasteiger charge is 2.09. The van der Waals surface area contributed by atoms with E-state index in [9.17, 15) is 10.1 Å². The highest BCUT2D eigenvalue weighted by atomic mass is 35.5. The van der Waals surface area contributed by atoms with Gasteiger partial charge in [-0.3, -0.25) is 4.79 Å². The second kappa shape index (κ2) is 5.96. The van der Waals surface area contributed by atoms with Crippen LogP contribution in [0.15, 0.2) is 51.9 Å². The average molecular weight is 351 g/mol. The van der Waals surface area contributed by atoms with Gasteiger partial charge in [0, 0.05) is 39.1 Å². The minimum atomic E-state index is -0.172. The summed E-state index contributed by atoms with van der Waals surface area (Å²) in [5, 5.41) is 18.3. The van der Waals surface area contributed by atoms with E-state index in [2.05, 4.69) is 21.5 Å². The molecular weight excluding hydrogens is 340 g/mol. The van der Waals surface area contributed by atoms with Gasteiger partial charge in [-0.05, 0) is 36.4 Å². The van der Waals surface area contributed by atoms with Gasteiger partial charge in [0.25, 0.3) is 5.56 Å². The van der Waals surface area contributed by atoms with Gasteiger partial charge in [-0.2, -0.15) is 5.26 Å². The number of nitriles is 1. The maximum Gasteiger partial charge on any atom is 0.253 e. The smallest absolute Gasteiger partial charge is 0.253 e. The van der Waals surface area contributed by atoms with Crippen molar-refractivity contribution < 1.29 is 4.52 Å². The van der Waals surface area contributed by atoms with E-state index < -0.39 is 0 Å². The summed E-state index contributed by atoms with van der Waals surface area (Å²) in [6.07, 6.45) is 1.55. The zero-order valence-electron chi connectivity index (χ0n) is 12.8. The molecule has 2 aromatic heterocycles. The number of rotatable bonds is 3. The molecule has 6 nitrogen and oxygen atoms in total. The molecule has 0 saturated heterocycles. The van der Waals surface area contributed by atoms with Crippen LogP contribution in [0.4, 0.5) is 5.69 Å². The number of fused-ring (bicyclic) bond motifs is 2. The lowest BCUT2D eigenvalue weighted by Crippen LogP contribution is -2.15. The van der Waals surface area contributed by atoms with Gasteiger partial charge >= 0.3 is 0 Å². The summed E-state index contributed by atoms with van der Waals surface area (Å²) in [6.45, 7) is 0.305. The quantitative estimate of drug-likeness (QED) is 0.586. The van der Waals surface area contributed by atoms with Crippen molar-refractivity contribution in [1.82, 2.24) is 10.1 Å². The third kappa shape index (κ3) is 2.82. The summed E-state index contributed by atoms with van der Waals surface area (Å²) in [6, 6.07) is 12.7. The lowest BCUT2D eigenvalue weighted by molar-refractivity contribution is 0.456. The van der Waals surface area contributed by atoms with Gasteiger partial charge in [0.2, 0.25) is 0 Å². The van der Waals surface area contributed by atoms with E-state index in [-0.39, 0.29) is 5.56 Å². The normalized spacial score (nSPS) is 10.9. The molecule has 0 aliphatic heterocycles. The maximum atomic E-state index is 12.2. The first kappa shape index (κ1) is 15.2. The van der Waals surface area contributed by atoms with Crippen molar-refractivity contribution in [3.63, 3.8) is 0 Å². The summed E-state index contributed by atoms with van der Waals surface area (Å²) < 4.78 is 5.07. The maximum absolute atomic E-state index is 12.2. The van der Waals surface area contributed by atoms with Crippen LogP contribution in [0, 0.1) is 11.3 Å². The molecule has 0 radical (unpaired) electrons. The van der Waals surface area contributed by atoms with E-state index in [1.807, 2.05) is 6.07 Å². The Morgan fingerprint density at radius 3 is 2.96 bits per heavy atom. The zero-order chi connectivity index (χ0) is 17.4. The first-order valence-corrected chi connectivity index (χ1v) is 7.86. The van der Waals surface area contributed by atoms with Gasteiger partial charge in [-0.25, -0.2) is 0 Å². The van der Waals surface area contributed by atoms with Gasteiger partial charge in [-0.1, -0.05) is 16.8 Å². The van der Waals surface area contributed by atoms with Crippen LogP contribution in [0.25, 0.3) is 21.9 Å². The number of nitrogens with one attached hydrogen (secondary N) is 2. The molecule has 0 fully saturated rings. The molecule has 122 valence electrons. The Morgan fingerprint density at radius 2 is 2.12 bits per heavy atom. The third-order valence-corrected chi connectivity index (χ3v) is 4.18. The fourth-order valence-corrected chi connectivity index (χ4v) is 2.90. The lowest BCUT2D eigenvalue weighted by Gasteiger charge is -2.08. The Kier molecular flexibility index (Phi) is 3.64. The topological polar surface area (TPSA) is 94.7 Å². The molecule has 7 heteroatoms. The van der Waals surface area contributed by atoms with Crippen molar-refractivity contribution in [2.75, 3.05) is 5.32 Å². The number of pyridine rings is 1. The number of benzene rings is 2. The van der Waals surface area contributed by atoms with E-state index in [4.69, 9.17) is 16.1 Å². The van der Waals surface area contributed by atoms with Crippen molar-refractivity contribution in [3.05, 3.63) is 69.1 Å². The highest BCUT2D eigenvalue weighted by Crippen LogP contribution is 2.24. The molecule has 0 aliphatic rings. The number of hydrogen-bond acceptors (Lipinski definition) is 5. The fourth-order valence-electron chi connectivity index (χ4n) is 2.72. The number of H-pyrrole nitrogens is 1. The van der Waals surface area contributed by atoms with Crippen LogP contribution in [0.1, 0.15) is 11.1 Å². The number of hydrogen-bond donors (Lipinski definition) is 2. The van der Waals surface area contributed by atoms with Crippen LogP contribution in [0.3, 0.4) is 0 Å². The SMILES string of the molecule is N#Cc1cc(NCc2cc3cc(Cl)ccc3[nH]c2=O)cc2cnoc12. The largest absolute Gasteiger partial charge is 0.381 e. The standard InChI is InChI=1S/C18H11ClN4O2/c19-14-1-2-16-10(4-14)3-13(18(24)23-16)8-21-15-5-11(7-20)17-12(6-15)9-22-25-17/h1-6,9,21H,8H2,(H,23,24). The minimum absolute atomic E-state index is 0.172. The monoisotopic (exact) mass is 350 g/mol. The van der Waals surface area contributed by atoms with Crippen LogP contribution in [0.2, 0.25) is 5.02 Å². The van der Waals surface area contributed by atoms with Crippen molar-refractivity contribution >= 4 is 39.2 Å². The molecule has 25 heavy (non-hydrogen) atoms. The molecule has 0 spiro atoms. The van der Waals surface area contributed by atoms with Gasteiger partial charge in [-0.15, -0.1) is 0 Å². The number of halogens is 1. The van der Waals surface area contributed by atoms with Crippen LogP contribution in [-0.2, 0) is 6.54 Å².